The maximum Gasteiger partial charge on any atom is 0.511 e. The number of nitrogens with zero attached hydrogens (tertiary/aromatic N) is 2. The van der Waals surface area contributed by atoms with E-state index in [9.17, 15) is 9.59 Å². The first-order valence-electron chi connectivity index (χ1n) is 7.21. The van der Waals surface area contributed by atoms with Crippen LogP contribution in [0.25, 0.3) is 6.08 Å². The van der Waals surface area contributed by atoms with Gasteiger partial charge in [0.15, 0.2) is 0 Å². The number of carbonyl (C=O) groups is 2. The molecule has 0 atom stereocenters. The van der Waals surface area contributed by atoms with Crippen molar-refractivity contribution in [3.63, 3.8) is 0 Å². The van der Waals surface area contributed by atoms with Crippen LogP contribution in [0.2, 0.25) is 0 Å². The number of ether oxygens (including phenoxy) is 2. The summed E-state index contributed by atoms with van der Waals surface area (Å²) in [5.74, 6) is -0.384. The van der Waals surface area contributed by atoms with Gasteiger partial charge in [-0.25, -0.2) is 9.36 Å². The van der Waals surface area contributed by atoms with E-state index in [0.29, 0.717) is 13.2 Å². The summed E-state index contributed by atoms with van der Waals surface area (Å²) in [6.07, 6.45) is 7.83. The van der Waals surface area contributed by atoms with Gasteiger partial charge in [0, 0.05) is 6.08 Å². The summed E-state index contributed by atoms with van der Waals surface area (Å²) in [4.78, 5) is 22.6. The van der Waals surface area contributed by atoms with Crippen LogP contribution in [0.3, 0.4) is 0 Å². The second-order valence-corrected chi connectivity index (χ2v) is 4.79. The lowest BCUT2D eigenvalue weighted by molar-refractivity contribution is -0.687. The van der Waals surface area contributed by atoms with Crippen molar-refractivity contribution in [1.82, 2.24) is 4.57 Å². The van der Waals surface area contributed by atoms with Gasteiger partial charge in [-0.2, -0.15) is 4.79 Å². The van der Waals surface area contributed by atoms with Gasteiger partial charge in [-0.1, -0.05) is 24.3 Å². The molecule has 2 aromatic rings. The van der Waals surface area contributed by atoms with Gasteiger partial charge in [0.1, 0.15) is 18.9 Å². The zero-order valence-electron chi connectivity index (χ0n) is 13.5. The molecule has 1 heterocycles. The number of hydrogen-bond acceptors (Lipinski definition) is 4. The molecule has 0 aliphatic heterocycles. The van der Waals surface area contributed by atoms with E-state index in [1.165, 1.54) is 17.8 Å². The van der Waals surface area contributed by atoms with E-state index in [2.05, 4.69) is 4.74 Å². The Bertz CT molecular complexity index is 708. The molecule has 24 heavy (non-hydrogen) atoms. The van der Waals surface area contributed by atoms with Crippen LogP contribution in [0.4, 0.5) is 4.79 Å². The van der Waals surface area contributed by atoms with Crippen LogP contribution in [0, 0.1) is 0 Å². The molecule has 0 unspecified atom stereocenters. The highest BCUT2D eigenvalue weighted by Crippen LogP contribution is 2.06. The number of methoxy groups -OCH3 is 1. The Kier molecular flexibility index (Phi) is 7.91. The first-order valence-corrected chi connectivity index (χ1v) is 7.21. The molecule has 1 aromatic carbocycles. The Morgan fingerprint density at radius 1 is 1.25 bits per heavy atom. The number of halogens is 1. The lowest BCUT2D eigenvalue weighted by Crippen LogP contribution is -3.00. The normalized spacial score (nSPS) is 10.2. The average molecular weight is 395 g/mol. The van der Waals surface area contributed by atoms with E-state index in [-0.39, 0.29) is 23.0 Å². The highest BCUT2D eigenvalue weighted by Gasteiger charge is 2.13. The van der Waals surface area contributed by atoms with Crippen molar-refractivity contribution in [3.05, 3.63) is 60.2 Å². The molecule has 128 valence electrons. The zero-order chi connectivity index (χ0) is 16.7. The van der Waals surface area contributed by atoms with Crippen LogP contribution in [0.5, 0.6) is 0 Å². The Morgan fingerprint density at radius 2 is 1.96 bits per heavy atom. The van der Waals surface area contributed by atoms with Crippen LogP contribution in [-0.2, 0) is 20.8 Å². The maximum absolute atomic E-state index is 11.6. The fraction of sp³-hybridized carbons (Fsp3) is 0.235. The quantitative estimate of drug-likeness (QED) is 0.371. The van der Waals surface area contributed by atoms with Gasteiger partial charge < -0.3 is 26.5 Å². The molecule has 0 fully saturated rings. The van der Waals surface area contributed by atoms with Crippen LogP contribution >= 0.6 is 0 Å². The fourth-order valence-corrected chi connectivity index (χ4v) is 1.97. The number of rotatable bonds is 5. The second kappa shape index (κ2) is 9.67. The van der Waals surface area contributed by atoms with Gasteiger partial charge in [-0.05, 0) is 24.1 Å². The second-order valence-electron chi connectivity index (χ2n) is 4.79. The number of carbonyl (C=O) groups excluding carboxylic acids is 2. The van der Waals surface area contributed by atoms with E-state index >= 15 is 0 Å². The van der Waals surface area contributed by atoms with Gasteiger partial charge in [0.25, 0.3) is 6.33 Å². The minimum absolute atomic E-state index is 0. The molecular weight excluding hydrogens is 376 g/mol. The molecule has 2 rings (SSSR count). The van der Waals surface area contributed by atoms with Crippen molar-refractivity contribution in [2.75, 3.05) is 13.7 Å². The lowest BCUT2D eigenvalue weighted by atomic mass is 10.1. The van der Waals surface area contributed by atoms with E-state index in [4.69, 9.17) is 4.74 Å². The van der Waals surface area contributed by atoms with Crippen molar-refractivity contribution in [2.45, 2.75) is 13.5 Å². The molecule has 0 radical (unpaired) electrons. The lowest BCUT2D eigenvalue weighted by Gasteiger charge is -1.99. The average Bonchev–Trinajstić information content (AvgIpc) is 3.02. The minimum Gasteiger partial charge on any atom is -1.00 e. The Labute approximate surface area is 151 Å². The smallest absolute Gasteiger partial charge is 0.511 e. The highest BCUT2D eigenvalue weighted by molar-refractivity contribution is 5.86. The molecule has 0 amide bonds. The van der Waals surface area contributed by atoms with Crippen LogP contribution in [-0.4, -0.2) is 30.3 Å². The summed E-state index contributed by atoms with van der Waals surface area (Å²) in [7, 11) is 1.34. The number of aromatic nitrogens is 2. The van der Waals surface area contributed by atoms with E-state index in [1.54, 1.807) is 25.5 Å². The molecule has 0 spiro atoms. The maximum atomic E-state index is 11.6. The third-order valence-electron chi connectivity index (χ3n) is 3.13. The van der Waals surface area contributed by atoms with Gasteiger partial charge in [0.2, 0.25) is 0 Å². The van der Waals surface area contributed by atoms with E-state index < -0.39 is 6.09 Å². The Morgan fingerprint density at radius 3 is 2.58 bits per heavy atom. The summed E-state index contributed by atoms with van der Waals surface area (Å²) >= 11 is 0. The molecule has 0 bridgehead atoms. The van der Waals surface area contributed by atoms with Gasteiger partial charge >= 0.3 is 12.1 Å². The minimum atomic E-state index is -0.394. The molecule has 0 aliphatic carbocycles. The molecular formula is C17H19BrN2O4. The Balaban J connectivity index is 0.00000288. The monoisotopic (exact) mass is 394 g/mol. The standard InChI is InChI=1S/C17H19N2O4.BrH/c1-3-23-17(21)19-11-10-18(13-19)12-15-6-4-14(5-7-15)8-9-16(20)22-2;/h4-11,13H,3,12H2,1-2H3;1H/q+1;/p-1. The van der Waals surface area contributed by atoms with Crippen molar-refractivity contribution >= 4 is 18.1 Å². The molecule has 0 saturated carbocycles. The summed E-state index contributed by atoms with van der Waals surface area (Å²) in [5, 5.41) is 0. The summed E-state index contributed by atoms with van der Waals surface area (Å²) in [5.41, 5.74) is 1.99. The fourth-order valence-electron chi connectivity index (χ4n) is 1.97. The number of hydrogen-bond donors (Lipinski definition) is 0. The zero-order valence-corrected chi connectivity index (χ0v) is 15.1. The van der Waals surface area contributed by atoms with Crippen molar-refractivity contribution in [1.29, 1.82) is 0 Å². The van der Waals surface area contributed by atoms with Crippen LogP contribution < -0.4 is 21.5 Å². The van der Waals surface area contributed by atoms with Gasteiger partial charge in [0.05, 0.1) is 13.7 Å². The molecule has 0 N–H and O–H groups in total. The first kappa shape index (κ1) is 19.6. The Hall–Kier alpha value is -2.41. The molecule has 7 heteroatoms. The topological polar surface area (TPSA) is 61.4 Å². The SMILES string of the molecule is CCOC(=O)n1cc[n+](Cc2ccc(C=CC(=O)OC)cc2)c1.[Br-]. The van der Waals surface area contributed by atoms with Gasteiger partial charge in [-0.15, -0.1) is 4.57 Å². The molecule has 6 nitrogen and oxygen atoms in total. The summed E-state index contributed by atoms with van der Waals surface area (Å²) in [6, 6.07) is 7.76. The molecule has 1 aromatic heterocycles. The highest BCUT2D eigenvalue weighted by atomic mass is 79.9. The first-order chi connectivity index (χ1) is 11.1. The van der Waals surface area contributed by atoms with Crippen molar-refractivity contribution in [3.8, 4) is 0 Å². The third-order valence-corrected chi connectivity index (χ3v) is 3.13. The van der Waals surface area contributed by atoms with Gasteiger partial charge in [-0.3, -0.25) is 0 Å². The number of benzene rings is 1. The predicted molar refractivity (Wildman–Crippen MR) is 83.6 cm³/mol. The van der Waals surface area contributed by atoms with Crippen LogP contribution in [0.15, 0.2) is 49.1 Å². The summed E-state index contributed by atoms with van der Waals surface area (Å²) < 4.78 is 12.8. The predicted octanol–water partition coefficient (Wildman–Crippen LogP) is -0.981. The molecule has 0 saturated heterocycles. The van der Waals surface area contributed by atoms with Crippen molar-refractivity contribution < 1.29 is 40.6 Å². The largest absolute Gasteiger partial charge is 1.00 e. The van der Waals surface area contributed by atoms with Crippen LogP contribution in [0.1, 0.15) is 18.1 Å². The molecule has 0 aliphatic rings. The number of esters is 1. The number of imidazole rings is 1. The van der Waals surface area contributed by atoms with E-state index in [1.807, 2.05) is 35.0 Å². The van der Waals surface area contributed by atoms with E-state index in [0.717, 1.165) is 11.1 Å². The third kappa shape index (κ3) is 5.66. The summed E-state index contributed by atoms with van der Waals surface area (Å²) in [6.45, 7) is 2.75. The van der Waals surface area contributed by atoms with Crippen molar-refractivity contribution in [2.24, 2.45) is 0 Å².